The molecule has 0 aromatic rings. The number of allylic oxidation sites excluding steroid dienone is 5. The number of rotatable bonds is 12. The van der Waals surface area contributed by atoms with Crippen molar-refractivity contribution in [3.05, 3.63) is 47.8 Å². The monoisotopic (exact) mass is 570 g/mol. The first-order chi connectivity index (χ1) is 15.9. The van der Waals surface area contributed by atoms with Crippen LogP contribution in [-0.2, 0) is 7.80 Å². The molecule has 4 nitrogen and oxygen atoms in total. The van der Waals surface area contributed by atoms with E-state index in [1.807, 2.05) is 6.08 Å². The van der Waals surface area contributed by atoms with E-state index in [1.165, 1.54) is 30.1 Å². The number of hydrogen-bond donors (Lipinski definition) is 2. The molecular weight excluding hydrogens is 527 g/mol. The minimum atomic E-state index is -1.28. The van der Waals surface area contributed by atoms with E-state index in [4.69, 9.17) is 7.80 Å². The van der Waals surface area contributed by atoms with Crippen molar-refractivity contribution in [3.63, 3.8) is 0 Å². The Bertz CT molecular complexity index is 798. The van der Waals surface area contributed by atoms with Crippen molar-refractivity contribution in [1.82, 2.24) is 0 Å². The van der Waals surface area contributed by atoms with Gasteiger partial charge in [-0.3, -0.25) is 0 Å². The standard InChI is InChI=1S/C28H43IO4/c1-5-11-29(4)33-25-9-10-28(17-23(28)13-25)16-22(19(3)21-7-8-21)12-20(6-2)27-15-24(31)14-26(18-30)32-27/h6,9-10,13,20-21,23-24,26-27,30-31H,2,5,7-8,11-12,14-18H2,1,3-4H3/b22-19-/t20-,23-,24-,26-,27?,28?/m1/s1. The van der Waals surface area contributed by atoms with Crippen molar-refractivity contribution < 1.29 is 18.0 Å². The first kappa shape index (κ1) is 25.5. The van der Waals surface area contributed by atoms with E-state index in [2.05, 4.69) is 43.6 Å². The maximum atomic E-state index is 10.3. The molecule has 0 aromatic heterocycles. The molecule has 186 valence electrons. The average molecular weight is 571 g/mol. The van der Waals surface area contributed by atoms with Crippen LogP contribution in [0.4, 0.5) is 0 Å². The van der Waals surface area contributed by atoms with Gasteiger partial charge in [-0.2, -0.15) is 0 Å². The van der Waals surface area contributed by atoms with E-state index in [1.54, 1.807) is 11.1 Å². The fourth-order valence-electron chi connectivity index (χ4n) is 5.68. The predicted octanol–water partition coefficient (Wildman–Crippen LogP) is 6.13. The van der Waals surface area contributed by atoms with Gasteiger partial charge in [0.1, 0.15) is 0 Å². The van der Waals surface area contributed by atoms with E-state index >= 15 is 0 Å². The third-order valence-electron chi connectivity index (χ3n) is 7.96. The SMILES string of the molecule is C=C[C@H](C/C(CC12C=CC(OI(C)CCC)=C[C@@H]1C2)=C(\C)C1CC1)C1C[C@H](O)C[C@H](CO)O1. The van der Waals surface area contributed by atoms with Gasteiger partial charge < -0.3 is 10.2 Å². The van der Waals surface area contributed by atoms with Crippen molar-refractivity contribution >= 4 is 20.2 Å². The van der Waals surface area contributed by atoms with Crippen LogP contribution in [0, 0.1) is 23.2 Å². The van der Waals surface area contributed by atoms with E-state index in [0.29, 0.717) is 18.8 Å². The Balaban J connectivity index is 1.44. The average Bonchev–Trinajstić information content (AvgIpc) is 3.71. The normalized spacial score (nSPS) is 35.2. The predicted molar refractivity (Wildman–Crippen MR) is 143 cm³/mol. The summed E-state index contributed by atoms with van der Waals surface area (Å²) >= 11 is -1.28. The van der Waals surface area contributed by atoms with Crippen LogP contribution < -0.4 is 0 Å². The van der Waals surface area contributed by atoms with E-state index in [9.17, 15) is 10.2 Å². The fourth-order valence-corrected chi connectivity index (χ4v) is 8.59. The Kier molecular flexibility index (Phi) is 8.46. The molecule has 0 bridgehead atoms. The number of alkyl halides is 2. The molecule has 0 aromatic carbocycles. The van der Waals surface area contributed by atoms with Crippen LogP contribution in [0.25, 0.3) is 0 Å². The second-order valence-electron chi connectivity index (χ2n) is 10.7. The number of hydrogen-bond acceptors (Lipinski definition) is 4. The minimum absolute atomic E-state index is 0.0341. The van der Waals surface area contributed by atoms with Crippen molar-refractivity contribution in [2.45, 2.75) is 83.5 Å². The van der Waals surface area contributed by atoms with Crippen LogP contribution in [0.5, 0.6) is 0 Å². The van der Waals surface area contributed by atoms with Crippen molar-refractivity contribution in [2.75, 3.05) is 16.0 Å². The first-order valence-corrected chi connectivity index (χ1v) is 17.3. The van der Waals surface area contributed by atoms with Crippen LogP contribution in [-0.4, -0.2) is 44.5 Å². The summed E-state index contributed by atoms with van der Waals surface area (Å²) in [6.07, 6.45) is 16.6. The third-order valence-corrected chi connectivity index (χ3v) is 11.8. The topological polar surface area (TPSA) is 58.9 Å². The molecule has 6 atom stereocenters. The molecule has 5 heteroatoms. The molecule has 2 saturated carbocycles. The molecule has 3 aliphatic carbocycles. The third kappa shape index (κ3) is 6.33. The summed E-state index contributed by atoms with van der Waals surface area (Å²) in [5, 5.41) is 19.9. The summed E-state index contributed by atoms with van der Waals surface area (Å²) < 4.78 is 13.7. The molecule has 1 heterocycles. The van der Waals surface area contributed by atoms with Gasteiger partial charge >= 0.3 is 185 Å². The second-order valence-corrected chi connectivity index (χ2v) is 15.2. The summed E-state index contributed by atoms with van der Waals surface area (Å²) in [5.74, 6) is 2.61. The van der Waals surface area contributed by atoms with Gasteiger partial charge in [-0.25, -0.2) is 0 Å². The Labute approximate surface area is 208 Å². The zero-order valence-electron chi connectivity index (χ0n) is 20.6. The molecular formula is C28H43IO4. The Morgan fingerprint density at radius 3 is 2.82 bits per heavy atom. The van der Waals surface area contributed by atoms with Crippen molar-refractivity contribution in [2.24, 2.45) is 23.2 Å². The Hall–Kier alpha value is -0.630. The zero-order chi connectivity index (χ0) is 23.6. The summed E-state index contributed by atoms with van der Waals surface area (Å²) in [6.45, 7) is 8.67. The van der Waals surface area contributed by atoms with Gasteiger partial charge in [0.2, 0.25) is 0 Å². The number of ether oxygens (including phenoxy) is 1. The molecule has 2 unspecified atom stereocenters. The molecule has 2 N–H and O–H groups in total. The summed E-state index contributed by atoms with van der Waals surface area (Å²) in [6, 6.07) is 0. The number of aliphatic hydroxyl groups is 2. The van der Waals surface area contributed by atoms with Crippen LogP contribution in [0.15, 0.2) is 47.8 Å². The summed E-state index contributed by atoms with van der Waals surface area (Å²) in [7, 11) is 0. The summed E-state index contributed by atoms with van der Waals surface area (Å²) in [4.78, 5) is 2.32. The molecule has 0 amide bonds. The Morgan fingerprint density at radius 2 is 2.18 bits per heavy atom. The van der Waals surface area contributed by atoms with Gasteiger partial charge in [0.25, 0.3) is 0 Å². The molecule has 33 heavy (non-hydrogen) atoms. The van der Waals surface area contributed by atoms with Gasteiger partial charge in [-0.05, 0) is 0 Å². The van der Waals surface area contributed by atoms with Gasteiger partial charge in [0.15, 0.2) is 0 Å². The quantitative estimate of drug-likeness (QED) is 0.168. The zero-order valence-corrected chi connectivity index (χ0v) is 22.8. The van der Waals surface area contributed by atoms with Gasteiger partial charge in [-0.1, -0.05) is 0 Å². The van der Waals surface area contributed by atoms with Gasteiger partial charge in [0, 0.05) is 6.42 Å². The van der Waals surface area contributed by atoms with Crippen LogP contribution in [0.2, 0.25) is 0 Å². The van der Waals surface area contributed by atoms with E-state index in [-0.39, 0.29) is 30.1 Å². The van der Waals surface area contributed by atoms with Crippen LogP contribution in [0.1, 0.15) is 65.2 Å². The maximum absolute atomic E-state index is 10.3. The molecule has 0 spiro atoms. The van der Waals surface area contributed by atoms with E-state index < -0.39 is 26.3 Å². The molecule has 4 aliphatic rings. The van der Waals surface area contributed by atoms with Gasteiger partial charge in [0.05, 0.1) is 6.61 Å². The number of halogens is 1. The van der Waals surface area contributed by atoms with Crippen molar-refractivity contribution in [3.8, 4) is 0 Å². The molecule has 4 rings (SSSR count). The number of fused-ring (bicyclic) bond motifs is 1. The summed E-state index contributed by atoms with van der Waals surface area (Å²) in [5.41, 5.74) is 3.38. The number of aliphatic hydroxyl groups excluding tert-OH is 2. The second kappa shape index (κ2) is 11.0. The van der Waals surface area contributed by atoms with Crippen molar-refractivity contribution in [1.29, 1.82) is 0 Å². The first-order valence-electron chi connectivity index (χ1n) is 12.8. The van der Waals surface area contributed by atoms with Crippen LogP contribution >= 0.6 is 20.2 Å². The fraction of sp³-hybridized carbons (Fsp3) is 0.714. The van der Waals surface area contributed by atoms with E-state index in [0.717, 1.165) is 24.5 Å². The Morgan fingerprint density at radius 1 is 1.39 bits per heavy atom. The van der Waals surface area contributed by atoms with Crippen LogP contribution in [0.3, 0.4) is 0 Å². The molecule has 3 fully saturated rings. The molecule has 0 radical (unpaired) electrons. The molecule has 1 saturated heterocycles. The molecule has 1 aliphatic heterocycles. The van der Waals surface area contributed by atoms with Gasteiger partial charge in [-0.15, -0.1) is 0 Å².